The van der Waals surface area contributed by atoms with Gasteiger partial charge in [-0.3, -0.25) is 29.6 Å². The van der Waals surface area contributed by atoms with Gasteiger partial charge in [0.2, 0.25) is 17.7 Å². The molecule has 13 heteroatoms. The molecule has 2 fully saturated rings. The average Bonchev–Trinajstić information content (AvgIpc) is 3.71. The lowest BCUT2D eigenvalue weighted by Crippen LogP contribution is -2.41. The Balaban J connectivity index is 0.822. The second kappa shape index (κ2) is 19.9. The molecule has 3 N–H and O–H groups in total. The lowest BCUT2D eigenvalue weighted by molar-refractivity contribution is -0.136. The summed E-state index contributed by atoms with van der Waals surface area (Å²) in [5, 5.41) is 13.1. The smallest absolute Gasteiger partial charge is 0.276 e. The number of imide groups is 1. The third-order valence-corrected chi connectivity index (χ3v) is 11.7. The van der Waals surface area contributed by atoms with Crippen LogP contribution in [-0.4, -0.2) is 77.8 Å². The first-order valence-corrected chi connectivity index (χ1v) is 20.5. The lowest BCUT2D eigenvalue weighted by Gasteiger charge is -2.32. The number of carbonyl (C=O) groups excluding carboxylic acids is 3. The summed E-state index contributed by atoms with van der Waals surface area (Å²) in [4.78, 5) is 51.2. The molecule has 4 aromatic rings. The van der Waals surface area contributed by atoms with Crippen LogP contribution < -0.4 is 25.7 Å². The first-order chi connectivity index (χ1) is 27.6. The molecule has 6 rings (SSSR count). The Morgan fingerprint density at radius 2 is 1.67 bits per heavy atom. The van der Waals surface area contributed by atoms with Gasteiger partial charge in [-0.05, 0) is 112 Å². The summed E-state index contributed by atoms with van der Waals surface area (Å²) in [5.74, 6) is 0.647. The number of ether oxygens (including phenoxy) is 2. The van der Waals surface area contributed by atoms with Crippen LogP contribution in [-0.2, 0) is 34.3 Å². The summed E-state index contributed by atoms with van der Waals surface area (Å²) in [7, 11) is 4.95. The average molecular weight is 785 g/mol. The minimum atomic E-state index is -0.280. The molecule has 1 atom stereocenters. The zero-order valence-electron chi connectivity index (χ0n) is 33.6. The monoisotopic (exact) mass is 784 g/mol. The van der Waals surface area contributed by atoms with Crippen molar-refractivity contribution in [3.05, 3.63) is 75.6 Å². The number of nitrogens with zero attached hydrogens (tertiary/aromatic N) is 3. The molecule has 0 bridgehead atoms. The fourth-order valence-electron chi connectivity index (χ4n) is 8.39. The largest absolute Gasteiger partial charge is 0.496 e. The Bertz CT molecular complexity index is 2060. The van der Waals surface area contributed by atoms with Gasteiger partial charge in [-0.1, -0.05) is 37.8 Å². The highest BCUT2D eigenvalue weighted by molar-refractivity contribution is 5.98. The molecule has 2 aromatic heterocycles. The van der Waals surface area contributed by atoms with Crippen molar-refractivity contribution < 1.29 is 28.2 Å². The van der Waals surface area contributed by atoms with E-state index in [2.05, 4.69) is 25.7 Å². The van der Waals surface area contributed by atoms with Crippen molar-refractivity contribution >= 4 is 28.6 Å². The van der Waals surface area contributed by atoms with Gasteiger partial charge in [-0.25, -0.2) is 4.39 Å². The van der Waals surface area contributed by atoms with Gasteiger partial charge in [-0.2, -0.15) is 5.10 Å². The number of hydrogen-bond acceptors (Lipinski definition) is 8. The Morgan fingerprint density at radius 1 is 0.947 bits per heavy atom. The normalized spacial score (nSPS) is 16.5. The van der Waals surface area contributed by atoms with E-state index in [9.17, 15) is 19.2 Å². The third-order valence-electron chi connectivity index (χ3n) is 11.7. The van der Waals surface area contributed by atoms with Crippen LogP contribution in [0, 0.1) is 11.7 Å². The Labute approximate surface area is 333 Å². The SMILES string of the molecule is COc1cc(-c2cn(C)c(=O)c3[nH]ncc23)cc(OC)c1CCCC(=O)NCCCCCCCCN1CCC(c2ccc(CC3CCC(=O)NC3=O)cc2F)CC1. The number of likely N-dealkylation sites (tertiary alicyclic amines) is 1. The number of halogens is 1. The van der Waals surface area contributed by atoms with Crippen LogP contribution in [0.25, 0.3) is 22.0 Å². The number of piperidine rings is 2. The van der Waals surface area contributed by atoms with Gasteiger partial charge < -0.3 is 24.3 Å². The molecule has 0 aliphatic carbocycles. The van der Waals surface area contributed by atoms with E-state index in [0.29, 0.717) is 62.1 Å². The number of rotatable bonds is 19. The molecule has 1 unspecified atom stereocenters. The first kappa shape index (κ1) is 41.6. The van der Waals surface area contributed by atoms with Crippen LogP contribution in [0.5, 0.6) is 11.5 Å². The van der Waals surface area contributed by atoms with Crippen LogP contribution in [0.15, 0.2) is 47.5 Å². The van der Waals surface area contributed by atoms with E-state index in [-0.39, 0.29) is 40.9 Å². The molecule has 0 saturated carbocycles. The molecule has 57 heavy (non-hydrogen) atoms. The van der Waals surface area contributed by atoms with Crippen molar-refractivity contribution in [3.8, 4) is 22.6 Å². The maximum absolute atomic E-state index is 15.1. The number of unbranched alkanes of at least 4 members (excludes halogenated alkanes) is 5. The van der Waals surface area contributed by atoms with Crippen molar-refractivity contribution in [2.45, 2.75) is 95.8 Å². The highest BCUT2D eigenvalue weighted by Gasteiger charge is 2.28. The van der Waals surface area contributed by atoms with Gasteiger partial charge in [0.05, 0.1) is 20.4 Å². The number of nitrogens with one attached hydrogen (secondary N) is 3. The molecule has 3 amide bonds. The quantitative estimate of drug-likeness (QED) is 0.0738. The number of H-pyrrole nitrogens is 1. The maximum Gasteiger partial charge on any atom is 0.276 e. The second-order valence-corrected chi connectivity index (χ2v) is 15.6. The fourth-order valence-corrected chi connectivity index (χ4v) is 8.39. The number of benzene rings is 2. The number of carbonyl (C=O) groups is 3. The number of hydrogen-bond donors (Lipinski definition) is 3. The van der Waals surface area contributed by atoms with Gasteiger partial charge >= 0.3 is 0 Å². The highest BCUT2D eigenvalue weighted by Crippen LogP contribution is 2.38. The van der Waals surface area contributed by atoms with Gasteiger partial charge in [0.25, 0.3) is 5.56 Å². The molecule has 2 aromatic carbocycles. The number of aryl methyl sites for hydroxylation is 1. The number of fused-ring (bicyclic) bond motifs is 1. The minimum Gasteiger partial charge on any atom is -0.496 e. The number of amides is 3. The fraction of sp³-hybridized carbons (Fsp3) is 0.523. The van der Waals surface area contributed by atoms with Crippen LogP contribution in [0.3, 0.4) is 0 Å². The maximum atomic E-state index is 15.1. The Hall–Kier alpha value is -5.04. The van der Waals surface area contributed by atoms with E-state index < -0.39 is 0 Å². The molecule has 2 aliphatic rings. The first-order valence-electron chi connectivity index (χ1n) is 20.5. The van der Waals surface area contributed by atoms with E-state index in [1.165, 1.54) is 17.4 Å². The van der Waals surface area contributed by atoms with Crippen LogP contribution in [0.2, 0.25) is 0 Å². The summed E-state index contributed by atoms with van der Waals surface area (Å²) in [5.41, 5.74) is 4.45. The summed E-state index contributed by atoms with van der Waals surface area (Å²) in [6.45, 7) is 3.70. The standard InChI is InChI=1S/C44H57FN6O6/c1-50-28-36(35-27-47-49-42(35)44(50)55)32-25-38(56-2)34(39(26-32)57-3)11-10-12-40(52)46-19-8-6-4-5-7-9-20-51-21-17-30(18-22-51)33-15-13-29(24-37(33)45)23-31-14-16-41(53)48-43(31)54/h13,15,24-28,30-31H,4-12,14,16-23H2,1-3H3,(H,46,52)(H,47,49)(H,48,53,54). The topological polar surface area (TPSA) is 148 Å². The van der Waals surface area contributed by atoms with Gasteiger partial charge in [-0.15, -0.1) is 0 Å². The number of pyridine rings is 1. The van der Waals surface area contributed by atoms with Crippen molar-refractivity contribution in [3.63, 3.8) is 0 Å². The predicted molar refractivity (Wildman–Crippen MR) is 218 cm³/mol. The molecular weight excluding hydrogens is 728 g/mol. The number of aromatic nitrogens is 3. The molecule has 306 valence electrons. The van der Waals surface area contributed by atoms with E-state index in [0.717, 1.165) is 91.4 Å². The Kier molecular flexibility index (Phi) is 14.5. The predicted octanol–water partition coefficient (Wildman–Crippen LogP) is 6.34. The summed E-state index contributed by atoms with van der Waals surface area (Å²) < 4.78 is 28.2. The Morgan fingerprint density at radius 3 is 2.37 bits per heavy atom. The van der Waals surface area contributed by atoms with Gasteiger partial charge in [0.15, 0.2) is 0 Å². The second-order valence-electron chi connectivity index (χ2n) is 15.6. The molecule has 0 spiro atoms. The van der Waals surface area contributed by atoms with E-state index >= 15 is 4.39 Å². The van der Waals surface area contributed by atoms with E-state index in [4.69, 9.17) is 9.47 Å². The van der Waals surface area contributed by atoms with Crippen LogP contribution in [0.4, 0.5) is 4.39 Å². The molecule has 4 heterocycles. The number of aromatic amines is 1. The van der Waals surface area contributed by atoms with Crippen molar-refractivity contribution in [1.82, 2.24) is 30.3 Å². The third kappa shape index (κ3) is 10.7. The zero-order chi connectivity index (χ0) is 40.3. The van der Waals surface area contributed by atoms with Gasteiger partial charge in [0.1, 0.15) is 22.8 Å². The van der Waals surface area contributed by atoms with Crippen molar-refractivity contribution in [2.24, 2.45) is 13.0 Å². The van der Waals surface area contributed by atoms with Crippen molar-refractivity contribution in [2.75, 3.05) is 40.4 Å². The van der Waals surface area contributed by atoms with Crippen LogP contribution >= 0.6 is 0 Å². The molecule has 0 radical (unpaired) electrons. The highest BCUT2D eigenvalue weighted by atomic mass is 19.1. The van der Waals surface area contributed by atoms with Crippen LogP contribution in [0.1, 0.15) is 99.7 Å². The molecular formula is C44H57FN6O6. The number of methoxy groups -OCH3 is 2. The van der Waals surface area contributed by atoms with E-state index in [1.807, 2.05) is 24.3 Å². The molecule has 12 nitrogen and oxygen atoms in total. The molecule has 2 aliphatic heterocycles. The summed E-state index contributed by atoms with van der Waals surface area (Å²) in [6.07, 6.45) is 15.0. The minimum absolute atomic E-state index is 0.0467. The van der Waals surface area contributed by atoms with E-state index in [1.54, 1.807) is 39.7 Å². The molecule has 2 saturated heterocycles. The van der Waals surface area contributed by atoms with Gasteiger partial charge in [0, 0.05) is 55.1 Å². The summed E-state index contributed by atoms with van der Waals surface area (Å²) >= 11 is 0. The zero-order valence-corrected chi connectivity index (χ0v) is 33.6. The van der Waals surface area contributed by atoms with Crippen molar-refractivity contribution in [1.29, 1.82) is 0 Å². The lowest BCUT2D eigenvalue weighted by atomic mass is 9.86. The summed E-state index contributed by atoms with van der Waals surface area (Å²) in [6, 6.07) is 9.30.